The summed E-state index contributed by atoms with van der Waals surface area (Å²) < 4.78 is 6.91. The first-order valence-corrected chi connectivity index (χ1v) is 11.7. The maximum Gasteiger partial charge on any atom is 0.251 e. The van der Waals surface area contributed by atoms with E-state index in [9.17, 15) is 9.59 Å². The van der Waals surface area contributed by atoms with Crippen molar-refractivity contribution in [2.75, 3.05) is 18.2 Å². The van der Waals surface area contributed by atoms with E-state index in [4.69, 9.17) is 4.74 Å². The van der Waals surface area contributed by atoms with E-state index < -0.39 is 0 Å². The summed E-state index contributed by atoms with van der Waals surface area (Å²) in [6.45, 7) is 1.84. The third kappa shape index (κ3) is 5.37. The molecular formula is C25H25N5O3S. The number of hydrogen-bond donors (Lipinski definition) is 2. The summed E-state index contributed by atoms with van der Waals surface area (Å²) in [5.74, 6) is 1.11. The van der Waals surface area contributed by atoms with Crippen molar-refractivity contribution in [1.82, 2.24) is 20.1 Å². The van der Waals surface area contributed by atoms with Crippen molar-refractivity contribution < 1.29 is 14.3 Å². The molecule has 0 aliphatic rings. The molecule has 8 nitrogen and oxygen atoms in total. The zero-order valence-electron chi connectivity index (χ0n) is 19.1. The highest BCUT2D eigenvalue weighted by atomic mass is 32.2. The Hall–Kier alpha value is -3.85. The molecule has 0 aliphatic carbocycles. The van der Waals surface area contributed by atoms with Crippen molar-refractivity contribution >= 4 is 40.0 Å². The number of benzene rings is 3. The largest absolute Gasteiger partial charge is 0.497 e. The molecule has 0 fully saturated rings. The molecule has 1 heterocycles. The third-order valence-corrected chi connectivity index (χ3v) is 6.34. The van der Waals surface area contributed by atoms with E-state index >= 15 is 0 Å². The summed E-state index contributed by atoms with van der Waals surface area (Å²) in [6.07, 6.45) is 0. The van der Waals surface area contributed by atoms with Crippen molar-refractivity contribution in [2.24, 2.45) is 7.05 Å². The van der Waals surface area contributed by atoms with Crippen LogP contribution in [0.3, 0.4) is 0 Å². The van der Waals surface area contributed by atoms with Gasteiger partial charge in [0.1, 0.15) is 5.75 Å². The van der Waals surface area contributed by atoms with Crippen LogP contribution in [-0.2, 0) is 11.8 Å². The second-order valence-corrected chi connectivity index (χ2v) is 8.66. The van der Waals surface area contributed by atoms with Gasteiger partial charge < -0.3 is 19.9 Å². The van der Waals surface area contributed by atoms with Crippen LogP contribution in [0.15, 0.2) is 71.9 Å². The number of amides is 2. The van der Waals surface area contributed by atoms with Crippen LogP contribution < -0.4 is 15.4 Å². The molecule has 0 radical (unpaired) electrons. The lowest BCUT2D eigenvalue weighted by Crippen LogP contribution is -2.28. The predicted octanol–water partition coefficient (Wildman–Crippen LogP) is 4.20. The summed E-state index contributed by atoms with van der Waals surface area (Å²) in [5, 5.41) is 17.0. The van der Waals surface area contributed by atoms with Crippen LogP contribution in [0.25, 0.3) is 10.8 Å². The van der Waals surface area contributed by atoms with Gasteiger partial charge in [-0.1, -0.05) is 42.1 Å². The lowest BCUT2D eigenvalue weighted by atomic mass is 10.1. The topological polar surface area (TPSA) is 98.1 Å². The maximum atomic E-state index is 12.5. The van der Waals surface area contributed by atoms with E-state index in [2.05, 4.69) is 20.8 Å². The average Bonchev–Trinajstić information content (AvgIpc) is 3.23. The fourth-order valence-corrected chi connectivity index (χ4v) is 4.23. The van der Waals surface area contributed by atoms with Gasteiger partial charge in [-0.3, -0.25) is 9.59 Å². The molecule has 1 aromatic heterocycles. The Morgan fingerprint density at radius 3 is 2.50 bits per heavy atom. The normalized spacial score (nSPS) is 11.7. The van der Waals surface area contributed by atoms with Crippen molar-refractivity contribution in [2.45, 2.75) is 18.1 Å². The molecule has 0 saturated carbocycles. The average molecular weight is 476 g/mol. The van der Waals surface area contributed by atoms with Gasteiger partial charge in [-0.15, -0.1) is 10.2 Å². The molecular weight excluding hydrogens is 450 g/mol. The molecule has 9 heteroatoms. The quantitative estimate of drug-likeness (QED) is 0.371. The minimum Gasteiger partial charge on any atom is -0.497 e. The number of thioether (sulfide) groups is 1. The Balaban J connectivity index is 1.33. The van der Waals surface area contributed by atoms with Gasteiger partial charge in [-0.2, -0.15) is 0 Å². The van der Waals surface area contributed by atoms with Gasteiger partial charge in [-0.05, 0) is 54.1 Å². The Labute approximate surface area is 201 Å². The second kappa shape index (κ2) is 10.4. The van der Waals surface area contributed by atoms with Gasteiger partial charge in [0.05, 0.1) is 18.9 Å². The highest BCUT2D eigenvalue weighted by Crippen LogP contribution is 2.22. The first kappa shape index (κ1) is 23.3. The number of anilines is 1. The predicted molar refractivity (Wildman–Crippen MR) is 133 cm³/mol. The van der Waals surface area contributed by atoms with Crippen molar-refractivity contribution in [3.63, 3.8) is 0 Å². The van der Waals surface area contributed by atoms with E-state index in [1.54, 1.807) is 35.9 Å². The van der Waals surface area contributed by atoms with Gasteiger partial charge >= 0.3 is 0 Å². The molecule has 2 N–H and O–H groups in total. The summed E-state index contributed by atoms with van der Waals surface area (Å²) in [6, 6.07) is 20.3. The van der Waals surface area contributed by atoms with Crippen LogP contribution >= 0.6 is 11.8 Å². The van der Waals surface area contributed by atoms with E-state index in [1.807, 2.05) is 56.4 Å². The molecule has 3 aromatic carbocycles. The molecule has 34 heavy (non-hydrogen) atoms. The SMILES string of the molecule is COc1ccc(C(=O)N[C@H](C)c2nnc(SCC(=O)Nc3ccc4ccccc4c3)n2C)cc1. The molecule has 4 aromatic rings. The number of carbonyl (C=O) groups excluding carboxylic acids is 2. The van der Waals surface area contributed by atoms with Crippen LogP contribution in [0.5, 0.6) is 5.75 Å². The fourth-order valence-electron chi connectivity index (χ4n) is 3.51. The number of nitrogens with zero attached hydrogens (tertiary/aromatic N) is 3. The number of nitrogens with one attached hydrogen (secondary N) is 2. The van der Waals surface area contributed by atoms with Crippen LogP contribution in [-0.4, -0.2) is 39.4 Å². The number of fused-ring (bicyclic) bond motifs is 1. The standard InChI is InChI=1S/C25H25N5O3S/c1-16(26-24(32)18-9-12-21(33-3)13-10-18)23-28-29-25(30(23)2)34-15-22(31)27-20-11-8-17-6-4-5-7-19(17)14-20/h4-14,16H,15H2,1-3H3,(H,26,32)(H,27,31)/t16-/m1/s1. The van der Waals surface area contributed by atoms with Crippen molar-refractivity contribution in [3.05, 3.63) is 78.1 Å². The molecule has 0 unspecified atom stereocenters. The monoisotopic (exact) mass is 475 g/mol. The number of hydrogen-bond acceptors (Lipinski definition) is 6. The second-order valence-electron chi connectivity index (χ2n) is 7.72. The highest BCUT2D eigenvalue weighted by Gasteiger charge is 2.19. The first-order valence-electron chi connectivity index (χ1n) is 10.7. The summed E-state index contributed by atoms with van der Waals surface area (Å²) in [7, 11) is 3.39. The number of aromatic nitrogens is 3. The number of ether oxygens (including phenoxy) is 1. The number of rotatable bonds is 8. The Morgan fingerprint density at radius 2 is 1.76 bits per heavy atom. The Bertz CT molecular complexity index is 1320. The minimum atomic E-state index is -0.368. The molecule has 174 valence electrons. The Kier molecular flexibility index (Phi) is 7.12. The Morgan fingerprint density at radius 1 is 1.03 bits per heavy atom. The van der Waals surface area contributed by atoms with Gasteiger partial charge in [0, 0.05) is 18.3 Å². The fraction of sp³-hybridized carbons (Fsp3) is 0.200. The van der Waals surface area contributed by atoms with Crippen LogP contribution in [0.2, 0.25) is 0 Å². The van der Waals surface area contributed by atoms with Gasteiger partial charge in [0.25, 0.3) is 5.91 Å². The summed E-state index contributed by atoms with van der Waals surface area (Å²) in [4.78, 5) is 25.0. The molecule has 1 atom stereocenters. The van der Waals surface area contributed by atoms with E-state index in [0.717, 1.165) is 16.5 Å². The molecule has 0 bridgehead atoms. The van der Waals surface area contributed by atoms with E-state index in [0.29, 0.717) is 22.3 Å². The molecule has 2 amide bonds. The lowest BCUT2D eigenvalue weighted by molar-refractivity contribution is -0.113. The lowest BCUT2D eigenvalue weighted by Gasteiger charge is -2.14. The van der Waals surface area contributed by atoms with E-state index in [-0.39, 0.29) is 23.6 Å². The summed E-state index contributed by atoms with van der Waals surface area (Å²) >= 11 is 1.29. The molecule has 4 rings (SSSR count). The van der Waals surface area contributed by atoms with Crippen molar-refractivity contribution in [3.8, 4) is 5.75 Å². The zero-order chi connectivity index (χ0) is 24.1. The smallest absolute Gasteiger partial charge is 0.251 e. The molecule has 0 saturated heterocycles. The van der Waals surface area contributed by atoms with E-state index in [1.165, 1.54) is 11.8 Å². The number of carbonyl (C=O) groups is 2. The molecule has 0 aliphatic heterocycles. The van der Waals surface area contributed by atoms with Gasteiger partial charge in [0.2, 0.25) is 5.91 Å². The minimum absolute atomic E-state index is 0.134. The zero-order valence-corrected chi connectivity index (χ0v) is 19.9. The van der Waals surface area contributed by atoms with Crippen molar-refractivity contribution in [1.29, 1.82) is 0 Å². The van der Waals surface area contributed by atoms with Gasteiger partial charge in [0.15, 0.2) is 11.0 Å². The first-order chi connectivity index (χ1) is 16.4. The van der Waals surface area contributed by atoms with Gasteiger partial charge in [-0.25, -0.2) is 0 Å². The van der Waals surface area contributed by atoms with Crippen LogP contribution in [0.4, 0.5) is 5.69 Å². The summed E-state index contributed by atoms with van der Waals surface area (Å²) in [5.41, 5.74) is 1.27. The van der Waals surface area contributed by atoms with Crippen LogP contribution in [0, 0.1) is 0 Å². The van der Waals surface area contributed by atoms with Crippen LogP contribution in [0.1, 0.15) is 29.1 Å². The molecule has 0 spiro atoms. The maximum absolute atomic E-state index is 12.5. The number of methoxy groups -OCH3 is 1. The third-order valence-electron chi connectivity index (χ3n) is 5.32. The highest BCUT2D eigenvalue weighted by molar-refractivity contribution is 7.99.